The molecule has 0 aliphatic heterocycles. The quantitative estimate of drug-likeness (QED) is 0.425. The minimum atomic E-state index is -1.11. The van der Waals surface area contributed by atoms with Gasteiger partial charge in [-0.25, -0.2) is 0 Å². The molecule has 26 heavy (non-hydrogen) atoms. The number of aromatic hydroxyl groups is 1. The Morgan fingerprint density at radius 1 is 1.27 bits per heavy atom. The maximum absolute atomic E-state index is 12.1. The maximum atomic E-state index is 12.1. The number of amides is 1. The van der Waals surface area contributed by atoms with E-state index in [1.165, 1.54) is 11.0 Å². The molecule has 144 valence electrons. The van der Waals surface area contributed by atoms with Crippen molar-refractivity contribution in [1.29, 1.82) is 0 Å². The number of aliphatic hydroxyl groups excluding tert-OH is 2. The number of carbonyl (C=O) groups is 1. The third-order valence-electron chi connectivity index (χ3n) is 4.34. The molecule has 5 N–H and O–H groups in total. The number of hydrogen-bond acceptors (Lipinski definition) is 7. The fourth-order valence-corrected chi connectivity index (χ4v) is 2.73. The van der Waals surface area contributed by atoms with Gasteiger partial charge in [-0.2, -0.15) is 0 Å². The van der Waals surface area contributed by atoms with Crippen molar-refractivity contribution in [3.8, 4) is 5.75 Å². The Hall–Kier alpha value is -2.29. The molecule has 3 atom stereocenters. The van der Waals surface area contributed by atoms with E-state index in [1.807, 2.05) is 6.92 Å². The molecule has 8 heteroatoms. The van der Waals surface area contributed by atoms with E-state index in [0.29, 0.717) is 18.0 Å². The van der Waals surface area contributed by atoms with Gasteiger partial charge in [0.1, 0.15) is 12.2 Å². The molecule has 1 aliphatic carbocycles. The summed E-state index contributed by atoms with van der Waals surface area (Å²) in [7, 11) is 4.79. The molecule has 0 heterocycles. The van der Waals surface area contributed by atoms with Crippen molar-refractivity contribution in [3.63, 3.8) is 0 Å². The van der Waals surface area contributed by atoms with E-state index in [9.17, 15) is 20.1 Å². The normalized spacial score (nSPS) is 20.4. The van der Waals surface area contributed by atoms with Crippen LogP contribution in [-0.4, -0.2) is 72.2 Å². The summed E-state index contributed by atoms with van der Waals surface area (Å²) in [6, 6.07) is 4.72. The van der Waals surface area contributed by atoms with Gasteiger partial charge in [-0.3, -0.25) is 4.79 Å². The van der Waals surface area contributed by atoms with Gasteiger partial charge < -0.3 is 35.6 Å². The fraction of sp³-hybridized carbons (Fsp3) is 0.500. The van der Waals surface area contributed by atoms with E-state index < -0.39 is 12.2 Å². The third-order valence-corrected chi connectivity index (χ3v) is 4.34. The molecule has 1 aromatic rings. The first-order chi connectivity index (χ1) is 12.3. The second-order valence-corrected chi connectivity index (χ2v) is 6.45. The zero-order valence-corrected chi connectivity index (χ0v) is 15.5. The summed E-state index contributed by atoms with van der Waals surface area (Å²) < 4.78 is 5.13. The highest BCUT2D eigenvalue weighted by molar-refractivity contribution is 5.98. The Bertz CT molecular complexity index is 689. The predicted octanol–water partition coefficient (Wildman–Crippen LogP) is 0.467. The number of aliphatic hydroxyl groups is 2. The molecule has 0 radical (unpaired) electrons. The molecule has 1 amide bonds. The number of anilines is 1. The van der Waals surface area contributed by atoms with Gasteiger partial charge in [0.05, 0.1) is 29.3 Å². The Balaban J connectivity index is 2.28. The van der Waals surface area contributed by atoms with Crippen molar-refractivity contribution in [2.24, 2.45) is 0 Å². The van der Waals surface area contributed by atoms with Crippen molar-refractivity contribution >= 4 is 11.6 Å². The van der Waals surface area contributed by atoms with E-state index in [2.05, 4.69) is 10.6 Å². The zero-order valence-electron chi connectivity index (χ0n) is 15.5. The number of benzene rings is 1. The fourth-order valence-electron chi connectivity index (χ4n) is 2.73. The van der Waals surface area contributed by atoms with Crippen LogP contribution in [0.5, 0.6) is 5.75 Å². The number of methoxy groups -OCH3 is 1. The summed E-state index contributed by atoms with van der Waals surface area (Å²) in [5.74, 6) is -0.547. The van der Waals surface area contributed by atoms with Crippen LogP contribution in [0.25, 0.3) is 0 Å². The van der Waals surface area contributed by atoms with E-state index in [-0.39, 0.29) is 28.9 Å². The monoisotopic (exact) mass is 365 g/mol. The Morgan fingerprint density at radius 2 is 1.92 bits per heavy atom. The van der Waals surface area contributed by atoms with Crippen LogP contribution in [0.3, 0.4) is 0 Å². The average Bonchev–Trinajstić information content (AvgIpc) is 2.63. The minimum absolute atomic E-state index is 0.0239. The summed E-state index contributed by atoms with van der Waals surface area (Å²) >= 11 is 0. The molecule has 1 aliphatic rings. The highest BCUT2D eigenvalue weighted by Crippen LogP contribution is 2.34. The van der Waals surface area contributed by atoms with Gasteiger partial charge in [0.25, 0.3) is 5.91 Å². The van der Waals surface area contributed by atoms with Crippen molar-refractivity contribution in [3.05, 3.63) is 35.2 Å². The molecule has 2 unspecified atom stereocenters. The number of phenolic OH excluding ortho intramolecular Hbond substituents is 1. The SMILES string of the molecule is CC[C@H](COC)NC1=C(Nc2cccc(C(=O)N(C)C)c2O)C(O)C1O. The number of hydrogen-bond donors (Lipinski definition) is 5. The lowest BCUT2D eigenvalue weighted by molar-refractivity contribution is 0.0286. The standard InChI is InChI=1S/C18H27N3O5/c1-5-10(9-26-4)19-13-14(17(24)16(13)23)20-12-8-6-7-11(15(12)22)18(25)21(2)3/h6-8,10,16-17,19-20,22-24H,5,9H2,1-4H3/t10-,16?,17?/m1/s1. The van der Waals surface area contributed by atoms with Crippen LogP contribution in [0.2, 0.25) is 0 Å². The molecule has 8 nitrogen and oxygen atoms in total. The van der Waals surface area contributed by atoms with Gasteiger partial charge in [-0.15, -0.1) is 0 Å². The lowest BCUT2D eigenvalue weighted by Crippen LogP contribution is -2.51. The second-order valence-electron chi connectivity index (χ2n) is 6.45. The van der Waals surface area contributed by atoms with E-state index in [1.54, 1.807) is 33.3 Å². The number of nitrogens with zero attached hydrogens (tertiary/aromatic N) is 1. The first kappa shape index (κ1) is 20.0. The van der Waals surface area contributed by atoms with Gasteiger partial charge in [-0.1, -0.05) is 13.0 Å². The summed E-state index contributed by atoms with van der Waals surface area (Å²) in [5, 5.41) is 36.6. The highest BCUT2D eigenvalue weighted by atomic mass is 16.5. The molecule has 0 aromatic heterocycles. The molecule has 0 saturated carbocycles. The van der Waals surface area contributed by atoms with Gasteiger partial charge in [0.2, 0.25) is 0 Å². The first-order valence-corrected chi connectivity index (χ1v) is 8.48. The molecule has 2 rings (SSSR count). The van der Waals surface area contributed by atoms with Gasteiger partial charge >= 0.3 is 0 Å². The van der Waals surface area contributed by atoms with Crippen LogP contribution < -0.4 is 10.6 Å². The Kier molecular flexibility index (Phi) is 6.47. The molecule has 0 fully saturated rings. The summed E-state index contributed by atoms with van der Waals surface area (Å²) in [5.41, 5.74) is 1.23. The van der Waals surface area contributed by atoms with Crippen molar-refractivity contribution in [1.82, 2.24) is 10.2 Å². The van der Waals surface area contributed by atoms with Crippen molar-refractivity contribution in [2.45, 2.75) is 31.6 Å². The lowest BCUT2D eigenvalue weighted by Gasteiger charge is -2.38. The van der Waals surface area contributed by atoms with Crippen LogP contribution in [0.4, 0.5) is 5.69 Å². The largest absolute Gasteiger partial charge is 0.505 e. The van der Waals surface area contributed by atoms with Crippen LogP contribution >= 0.6 is 0 Å². The number of carbonyl (C=O) groups excluding carboxylic acids is 1. The van der Waals surface area contributed by atoms with Crippen LogP contribution in [0, 0.1) is 0 Å². The zero-order chi connectivity index (χ0) is 19.4. The minimum Gasteiger partial charge on any atom is -0.505 e. The molecule has 0 saturated heterocycles. The third kappa shape index (κ3) is 3.92. The number of rotatable bonds is 8. The summed E-state index contributed by atoms with van der Waals surface area (Å²) in [4.78, 5) is 13.5. The van der Waals surface area contributed by atoms with Crippen LogP contribution in [-0.2, 0) is 4.74 Å². The Labute approximate surface area is 153 Å². The van der Waals surface area contributed by atoms with Crippen molar-refractivity contribution < 1.29 is 24.9 Å². The first-order valence-electron chi connectivity index (χ1n) is 8.48. The summed E-state index contributed by atoms with van der Waals surface area (Å²) in [6.07, 6.45) is -1.38. The molecule has 1 aromatic carbocycles. The topological polar surface area (TPSA) is 114 Å². The molecular weight excluding hydrogens is 338 g/mol. The van der Waals surface area contributed by atoms with Crippen molar-refractivity contribution in [2.75, 3.05) is 33.1 Å². The summed E-state index contributed by atoms with van der Waals surface area (Å²) in [6.45, 7) is 2.43. The van der Waals surface area contributed by atoms with E-state index in [0.717, 1.165) is 6.42 Å². The number of phenols is 1. The van der Waals surface area contributed by atoms with E-state index >= 15 is 0 Å². The Morgan fingerprint density at radius 3 is 2.50 bits per heavy atom. The van der Waals surface area contributed by atoms with Crippen LogP contribution in [0.1, 0.15) is 23.7 Å². The van der Waals surface area contributed by atoms with Gasteiger partial charge in [-0.05, 0) is 18.6 Å². The molecule has 0 spiro atoms. The number of nitrogens with one attached hydrogen (secondary N) is 2. The van der Waals surface area contributed by atoms with Gasteiger partial charge in [0.15, 0.2) is 5.75 Å². The van der Waals surface area contributed by atoms with E-state index in [4.69, 9.17) is 4.74 Å². The average molecular weight is 365 g/mol. The number of para-hydroxylation sites is 1. The predicted molar refractivity (Wildman–Crippen MR) is 97.9 cm³/mol. The highest BCUT2D eigenvalue weighted by Gasteiger charge is 2.39. The van der Waals surface area contributed by atoms with Gasteiger partial charge in [0, 0.05) is 27.2 Å². The second kappa shape index (κ2) is 8.39. The number of ether oxygens (including phenoxy) is 1. The molecule has 0 bridgehead atoms. The lowest BCUT2D eigenvalue weighted by atomic mass is 9.91. The van der Waals surface area contributed by atoms with Crippen LogP contribution in [0.15, 0.2) is 29.6 Å². The smallest absolute Gasteiger partial charge is 0.257 e. The maximum Gasteiger partial charge on any atom is 0.257 e. The molecular formula is C18H27N3O5.